The average Bonchev–Trinajstić information content (AvgIpc) is 2.86. The molecule has 0 aromatic heterocycles. The van der Waals surface area contributed by atoms with Gasteiger partial charge in [0.15, 0.2) is 11.5 Å². The van der Waals surface area contributed by atoms with Gasteiger partial charge in [0.2, 0.25) is 0 Å². The molecule has 0 atom stereocenters. The first-order valence-electron chi connectivity index (χ1n) is 10.2. The fourth-order valence-electron chi connectivity index (χ4n) is 3.57. The molecule has 0 aliphatic rings. The molecule has 0 heterocycles. The van der Waals surface area contributed by atoms with Gasteiger partial charge in [-0.1, -0.05) is 48.5 Å². The highest BCUT2D eigenvalue weighted by molar-refractivity contribution is 6.01. The van der Waals surface area contributed by atoms with Crippen LogP contribution in [0.25, 0.3) is 22.4 Å². The number of nitriles is 1. The molecule has 33 heavy (non-hydrogen) atoms. The first-order chi connectivity index (χ1) is 16.1. The van der Waals surface area contributed by atoms with E-state index >= 15 is 0 Å². The Kier molecular flexibility index (Phi) is 6.33. The predicted molar refractivity (Wildman–Crippen MR) is 128 cm³/mol. The van der Waals surface area contributed by atoms with Crippen LogP contribution in [0.4, 0.5) is 5.69 Å². The van der Waals surface area contributed by atoms with Gasteiger partial charge in [-0.15, -0.1) is 0 Å². The SMILES string of the molecule is COc1cc(/C=C(/C#N)c2cccc3ccccc23)ccc1OCc1ccc([N+](=O)[O-])cc1. The summed E-state index contributed by atoms with van der Waals surface area (Å²) in [6.45, 7) is 0.239. The molecule has 0 aliphatic carbocycles. The third kappa shape index (κ3) is 4.83. The van der Waals surface area contributed by atoms with Gasteiger partial charge in [0.05, 0.1) is 23.7 Å². The Morgan fingerprint density at radius 1 is 1.00 bits per heavy atom. The van der Waals surface area contributed by atoms with Crippen molar-refractivity contribution < 1.29 is 14.4 Å². The smallest absolute Gasteiger partial charge is 0.269 e. The minimum Gasteiger partial charge on any atom is -0.493 e. The number of hydrogen-bond donors (Lipinski definition) is 0. The first-order valence-corrected chi connectivity index (χ1v) is 10.2. The summed E-state index contributed by atoms with van der Waals surface area (Å²) in [5.74, 6) is 1.07. The van der Waals surface area contributed by atoms with Crippen molar-refractivity contribution in [1.82, 2.24) is 0 Å². The maximum Gasteiger partial charge on any atom is 0.269 e. The molecule has 0 aliphatic heterocycles. The number of ether oxygens (including phenoxy) is 2. The van der Waals surface area contributed by atoms with Crippen LogP contribution in [0.15, 0.2) is 84.9 Å². The Bertz CT molecular complexity index is 1380. The number of nitro groups is 1. The lowest BCUT2D eigenvalue weighted by atomic mass is 9.97. The fraction of sp³-hybridized carbons (Fsp3) is 0.0741. The van der Waals surface area contributed by atoms with E-state index in [1.807, 2.05) is 60.7 Å². The van der Waals surface area contributed by atoms with Crippen LogP contribution in [0.1, 0.15) is 16.7 Å². The maximum absolute atomic E-state index is 10.8. The van der Waals surface area contributed by atoms with Gasteiger partial charge in [-0.3, -0.25) is 10.1 Å². The summed E-state index contributed by atoms with van der Waals surface area (Å²) < 4.78 is 11.4. The Hall–Kier alpha value is -4.63. The van der Waals surface area contributed by atoms with Gasteiger partial charge < -0.3 is 9.47 Å². The summed E-state index contributed by atoms with van der Waals surface area (Å²) in [6, 6.07) is 27.8. The van der Waals surface area contributed by atoms with Gasteiger partial charge in [0.25, 0.3) is 5.69 Å². The number of fused-ring (bicyclic) bond motifs is 1. The molecule has 0 amide bonds. The van der Waals surface area contributed by atoms with Crippen LogP contribution in [-0.4, -0.2) is 12.0 Å². The molecule has 6 nitrogen and oxygen atoms in total. The second-order valence-electron chi connectivity index (χ2n) is 7.32. The molecule has 0 N–H and O–H groups in total. The van der Waals surface area contributed by atoms with E-state index in [1.54, 1.807) is 25.3 Å². The molecular formula is C27H20N2O4. The summed E-state index contributed by atoms with van der Waals surface area (Å²) >= 11 is 0. The summed E-state index contributed by atoms with van der Waals surface area (Å²) in [5, 5.41) is 22.7. The second kappa shape index (κ2) is 9.67. The van der Waals surface area contributed by atoms with Crippen molar-refractivity contribution in [2.24, 2.45) is 0 Å². The first kappa shape index (κ1) is 21.6. The number of rotatable bonds is 7. The predicted octanol–water partition coefficient (Wildman–Crippen LogP) is 6.40. The molecule has 0 bridgehead atoms. The van der Waals surface area contributed by atoms with E-state index in [2.05, 4.69) is 6.07 Å². The molecular weight excluding hydrogens is 416 g/mol. The van der Waals surface area contributed by atoms with Crippen LogP contribution >= 0.6 is 0 Å². The summed E-state index contributed by atoms with van der Waals surface area (Å²) in [6.07, 6.45) is 1.82. The minimum atomic E-state index is -0.437. The molecule has 0 saturated carbocycles. The van der Waals surface area contributed by atoms with Crippen molar-refractivity contribution in [3.05, 3.63) is 112 Å². The van der Waals surface area contributed by atoms with Crippen LogP contribution in [0, 0.1) is 21.4 Å². The number of non-ortho nitro benzene ring substituents is 1. The van der Waals surface area contributed by atoms with Gasteiger partial charge >= 0.3 is 0 Å². The topological polar surface area (TPSA) is 85.4 Å². The van der Waals surface area contributed by atoms with E-state index in [0.29, 0.717) is 17.1 Å². The van der Waals surface area contributed by atoms with Gasteiger partial charge in [0.1, 0.15) is 6.61 Å². The largest absolute Gasteiger partial charge is 0.493 e. The minimum absolute atomic E-state index is 0.0342. The highest BCUT2D eigenvalue weighted by Gasteiger charge is 2.10. The van der Waals surface area contributed by atoms with Crippen LogP contribution in [-0.2, 0) is 6.61 Å². The molecule has 4 rings (SSSR count). The lowest BCUT2D eigenvalue weighted by Crippen LogP contribution is -1.98. The lowest BCUT2D eigenvalue weighted by molar-refractivity contribution is -0.384. The van der Waals surface area contributed by atoms with Crippen molar-refractivity contribution in [2.45, 2.75) is 6.61 Å². The normalized spacial score (nSPS) is 11.1. The van der Waals surface area contributed by atoms with E-state index in [0.717, 1.165) is 27.5 Å². The highest BCUT2D eigenvalue weighted by atomic mass is 16.6. The Labute approximate surface area is 191 Å². The zero-order chi connectivity index (χ0) is 23.2. The summed E-state index contributed by atoms with van der Waals surface area (Å²) in [7, 11) is 1.55. The molecule has 0 fully saturated rings. The van der Waals surface area contributed by atoms with E-state index in [-0.39, 0.29) is 12.3 Å². The molecule has 6 heteroatoms. The third-order valence-corrected chi connectivity index (χ3v) is 5.24. The highest BCUT2D eigenvalue weighted by Crippen LogP contribution is 2.32. The maximum atomic E-state index is 10.8. The quantitative estimate of drug-likeness (QED) is 0.145. The molecule has 0 radical (unpaired) electrons. The Morgan fingerprint density at radius 3 is 2.48 bits per heavy atom. The van der Waals surface area contributed by atoms with Crippen LogP contribution in [0.3, 0.4) is 0 Å². The van der Waals surface area contributed by atoms with Gasteiger partial charge in [0, 0.05) is 17.7 Å². The van der Waals surface area contributed by atoms with E-state index in [9.17, 15) is 15.4 Å². The van der Waals surface area contributed by atoms with Gasteiger partial charge in [-0.05, 0) is 52.2 Å². The van der Waals surface area contributed by atoms with Crippen LogP contribution in [0.5, 0.6) is 11.5 Å². The van der Waals surface area contributed by atoms with Crippen molar-refractivity contribution in [3.63, 3.8) is 0 Å². The molecule has 4 aromatic carbocycles. The molecule has 162 valence electrons. The van der Waals surface area contributed by atoms with Crippen LogP contribution < -0.4 is 9.47 Å². The third-order valence-electron chi connectivity index (χ3n) is 5.24. The van der Waals surface area contributed by atoms with Gasteiger partial charge in [-0.25, -0.2) is 0 Å². The number of hydrogen-bond acceptors (Lipinski definition) is 5. The summed E-state index contributed by atoms with van der Waals surface area (Å²) in [5.41, 5.74) is 3.06. The molecule has 0 unspecified atom stereocenters. The van der Waals surface area contributed by atoms with Crippen molar-refractivity contribution in [1.29, 1.82) is 5.26 Å². The number of allylic oxidation sites excluding steroid dienone is 1. The Balaban J connectivity index is 1.58. The average molecular weight is 436 g/mol. The monoisotopic (exact) mass is 436 g/mol. The molecule has 0 spiro atoms. The van der Waals surface area contributed by atoms with Crippen molar-refractivity contribution >= 4 is 28.1 Å². The zero-order valence-electron chi connectivity index (χ0n) is 17.9. The molecule has 4 aromatic rings. The number of benzene rings is 4. The van der Waals surface area contributed by atoms with E-state index < -0.39 is 4.92 Å². The lowest BCUT2D eigenvalue weighted by Gasteiger charge is -2.12. The number of nitro benzene ring substituents is 1. The van der Waals surface area contributed by atoms with E-state index in [4.69, 9.17) is 9.47 Å². The number of methoxy groups -OCH3 is 1. The van der Waals surface area contributed by atoms with Crippen molar-refractivity contribution in [2.75, 3.05) is 7.11 Å². The van der Waals surface area contributed by atoms with E-state index in [1.165, 1.54) is 12.1 Å². The number of nitrogens with zero attached hydrogens (tertiary/aromatic N) is 2. The van der Waals surface area contributed by atoms with Crippen LogP contribution in [0.2, 0.25) is 0 Å². The second-order valence-corrected chi connectivity index (χ2v) is 7.32. The summed E-state index contributed by atoms with van der Waals surface area (Å²) in [4.78, 5) is 10.4. The fourth-order valence-corrected chi connectivity index (χ4v) is 3.57. The zero-order valence-corrected chi connectivity index (χ0v) is 17.9. The van der Waals surface area contributed by atoms with Crippen molar-refractivity contribution in [3.8, 4) is 17.6 Å². The Morgan fingerprint density at radius 2 is 1.76 bits per heavy atom. The van der Waals surface area contributed by atoms with Gasteiger partial charge in [-0.2, -0.15) is 5.26 Å². The molecule has 0 saturated heterocycles. The standard InChI is InChI=1S/C27H20N2O4/c1-32-27-16-20(11-14-26(27)33-18-19-9-12-23(13-10-19)29(30)31)15-22(17-28)25-8-4-6-21-5-2-3-7-24(21)25/h2-16H,18H2,1H3/b22-15-.